The van der Waals surface area contributed by atoms with Gasteiger partial charge in [0.1, 0.15) is 17.6 Å². The molecule has 0 aliphatic heterocycles. The van der Waals surface area contributed by atoms with Gasteiger partial charge in [-0.25, -0.2) is 4.52 Å². The molecule has 0 radical (unpaired) electrons. The number of nitrogens with one attached hydrogen (secondary N) is 2. The molecule has 36 heavy (non-hydrogen) atoms. The lowest BCUT2D eigenvalue weighted by Crippen LogP contribution is -2.35. The number of carbonyl (C=O) groups is 1. The zero-order valence-electron chi connectivity index (χ0n) is 19.6. The van der Waals surface area contributed by atoms with Gasteiger partial charge in [-0.2, -0.15) is 15.6 Å². The molecule has 11 heteroatoms. The predicted molar refractivity (Wildman–Crippen MR) is 135 cm³/mol. The van der Waals surface area contributed by atoms with E-state index in [2.05, 4.69) is 43.1 Å². The smallest absolute Gasteiger partial charge is 0.217 e. The van der Waals surface area contributed by atoms with E-state index < -0.39 is 0 Å². The average Bonchev–Trinajstić information content (AvgIpc) is 3.55. The Hall–Kier alpha value is -4.35. The van der Waals surface area contributed by atoms with Gasteiger partial charge >= 0.3 is 0 Å². The van der Waals surface area contributed by atoms with Crippen LogP contribution in [0, 0.1) is 22.7 Å². The van der Waals surface area contributed by atoms with Gasteiger partial charge in [0.25, 0.3) is 0 Å². The molecule has 180 valence electrons. The van der Waals surface area contributed by atoms with Crippen LogP contribution in [0.2, 0.25) is 0 Å². The van der Waals surface area contributed by atoms with E-state index >= 15 is 0 Å². The molecule has 4 heterocycles. The monoisotopic (exact) mass is 497 g/mol. The minimum atomic E-state index is 0.0147. The zero-order valence-corrected chi connectivity index (χ0v) is 20.4. The quantitative estimate of drug-likeness (QED) is 0.382. The van der Waals surface area contributed by atoms with E-state index in [0.29, 0.717) is 17.2 Å². The number of hydrogen-bond acceptors (Lipinski definition) is 9. The van der Waals surface area contributed by atoms with E-state index in [1.807, 2.05) is 18.2 Å². The van der Waals surface area contributed by atoms with E-state index in [-0.39, 0.29) is 18.5 Å². The maximum atomic E-state index is 11.3. The fourth-order valence-corrected chi connectivity index (χ4v) is 5.62. The SMILES string of the molecule is CC(=O)N[C@H]1CC[C@H](c2nnc(-c3cnc(-c4ccc5cc(C#N)cnn45)cc3NCC#N)s2)CC1. The lowest BCUT2D eigenvalue weighted by atomic mass is 9.86. The average molecular weight is 498 g/mol. The number of carbonyl (C=O) groups excluding carboxylic acids is 1. The van der Waals surface area contributed by atoms with Crippen LogP contribution in [0.5, 0.6) is 0 Å². The summed E-state index contributed by atoms with van der Waals surface area (Å²) in [6.07, 6.45) is 7.04. The second-order valence-electron chi connectivity index (χ2n) is 8.73. The molecule has 0 saturated heterocycles. The second-order valence-corrected chi connectivity index (χ2v) is 9.74. The number of pyridine rings is 1. The largest absolute Gasteiger partial charge is 0.372 e. The second kappa shape index (κ2) is 10.1. The summed E-state index contributed by atoms with van der Waals surface area (Å²) in [4.78, 5) is 16.0. The van der Waals surface area contributed by atoms with E-state index in [0.717, 1.165) is 58.2 Å². The van der Waals surface area contributed by atoms with Gasteiger partial charge < -0.3 is 10.6 Å². The molecule has 0 unspecified atom stereocenters. The van der Waals surface area contributed by atoms with Crippen molar-refractivity contribution in [2.24, 2.45) is 0 Å². The Kier molecular flexibility index (Phi) is 6.56. The Bertz CT molecular complexity index is 1500. The normalized spacial score (nSPS) is 17.3. The van der Waals surface area contributed by atoms with Crippen LogP contribution in [0.1, 0.15) is 49.1 Å². The van der Waals surface area contributed by atoms with Gasteiger partial charge in [0.2, 0.25) is 5.91 Å². The molecule has 1 aliphatic rings. The summed E-state index contributed by atoms with van der Waals surface area (Å²) < 4.78 is 1.73. The maximum Gasteiger partial charge on any atom is 0.217 e. The zero-order chi connectivity index (χ0) is 25.1. The van der Waals surface area contributed by atoms with Crippen LogP contribution >= 0.6 is 11.3 Å². The van der Waals surface area contributed by atoms with Gasteiger partial charge in [-0.05, 0) is 49.9 Å². The number of nitrogens with zero attached hydrogens (tertiary/aromatic N) is 7. The van der Waals surface area contributed by atoms with Gasteiger partial charge in [-0.15, -0.1) is 10.2 Å². The molecule has 1 aliphatic carbocycles. The van der Waals surface area contributed by atoms with E-state index in [1.165, 1.54) is 6.20 Å². The molecular formula is C25H23N9OS. The number of hydrogen-bond donors (Lipinski definition) is 2. The van der Waals surface area contributed by atoms with Crippen molar-refractivity contribution in [3.8, 4) is 34.1 Å². The van der Waals surface area contributed by atoms with Crippen LogP contribution in [-0.4, -0.2) is 43.3 Å². The molecule has 5 rings (SSSR count). The van der Waals surface area contributed by atoms with Crippen molar-refractivity contribution in [1.82, 2.24) is 30.1 Å². The molecule has 4 aromatic rings. The van der Waals surface area contributed by atoms with Crippen LogP contribution in [-0.2, 0) is 4.79 Å². The third-order valence-electron chi connectivity index (χ3n) is 6.31. The molecule has 0 aromatic carbocycles. The summed E-state index contributed by atoms with van der Waals surface area (Å²) in [5, 5.41) is 39.5. The van der Waals surface area contributed by atoms with Crippen LogP contribution in [0.4, 0.5) is 5.69 Å². The van der Waals surface area contributed by atoms with Crippen molar-refractivity contribution in [3.05, 3.63) is 47.2 Å². The Balaban J connectivity index is 1.42. The molecular weight excluding hydrogens is 474 g/mol. The highest BCUT2D eigenvalue weighted by atomic mass is 32.1. The molecule has 1 fully saturated rings. The Labute approximate surface area is 211 Å². The predicted octanol–water partition coefficient (Wildman–Crippen LogP) is 3.88. The van der Waals surface area contributed by atoms with Crippen molar-refractivity contribution in [3.63, 3.8) is 0 Å². The van der Waals surface area contributed by atoms with Crippen LogP contribution < -0.4 is 10.6 Å². The minimum absolute atomic E-state index is 0.0147. The van der Waals surface area contributed by atoms with Crippen LogP contribution in [0.3, 0.4) is 0 Å². The van der Waals surface area contributed by atoms with Crippen molar-refractivity contribution in [2.75, 3.05) is 11.9 Å². The summed E-state index contributed by atoms with van der Waals surface area (Å²) in [5.74, 6) is 0.335. The molecule has 10 nitrogen and oxygen atoms in total. The van der Waals surface area contributed by atoms with Crippen molar-refractivity contribution < 1.29 is 4.79 Å². The Morgan fingerprint density at radius 2 is 2.00 bits per heavy atom. The Morgan fingerprint density at radius 3 is 2.75 bits per heavy atom. The first-order chi connectivity index (χ1) is 17.6. The Morgan fingerprint density at radius 1 is 1.17 bits per heavy atom. The first-order valence-corrected chi connectivity index (χ1v) is 12.5. The highest BCUT2D eigenvalue weighted by Crippen LogP contribution is 2.39. The highest BCUT2D eigenvalue weighted by Gasteiger charge is 2.26. The fraction of sp³-hybridized carbons (Fsp3) is 0.320. The summed E-state index contributed by atoms with van der Waals surface area (Å²) in [6, 6.07) is 11.9. The number of aromatic nitrogens is 5. The van der Waals surface area contributed by atoms with Crippen LogP contribution in [0.25, 0.3) is 27.5 Å². The molecule has 4 aromatic heterocycles. The summed E-state index contributed by atoms with van der Waals surface area (Å²) in [6.45, 7) is 1.69. The summed E-state index contributed by atoms with van der Waals surface area (Å²) >= 11 is 1.54. The third kappa shape index (κ3) is 4.74. The summed E-state index contributed by atoms with van der Waals surface area (Å²) in [7, 11) is 0. The van der Waals surface area contributed by atoms with E-state index in [4.69, 9.17) is 10.5 Å². The lowest BCUT2D eigenvalue weighted by molar-refractivity contribution is -0.119. The van der Waals surface area contributed by atoms with Gasteiger partial charge in [-0.1, -0.05) is 11.3 Å². The third-order valence-corrected chi connectivity index (χ3v) is 7.43. The fourth-order valence-electron chi connectivity index (χ4n) is 4.58. The topological polar surface area (TPSA) is 145 Å². The van der Waals surface area contributed by atoms with Gasteiger partial charge in [0, 0.05) is 30.8 Å². The number of amides is 1. The van der Waals surface area contributed by atoms with Crippen molar-refractivity contribution in [1.29, 1.82) is 10.5 Å². The number of nitriles is 2. The molecule has 1 amide bonds. The van der Waals surface area contributed by atoms with Gasteiger partial charge in [0.05, 0.1) is 40.3 Å². The molecule has 1 saturated carbocycles. The van der Waals surface area contributed by atoms with E-state index in [1.54, 1.807) is 35.0 Å². The maximum absolute atomic E-state index is 11.3. The number of fused-ring (bicyclic) bond motifs is 1. The highest BCUT2D eigenvalue weighted by molar-refractivity contribution is 7.14. The lowest BCUT2D eigenvalue weighted by Gasteiger charge is -2.27. The minimum Gasteiger partial charge on any atom is -0.372 e. The first-order valence-electron chi connectivity index (χ1n) is 11.7. The van der Waals surface area contributed by atoms with E-state index in [9.17, 15) is 4.79 Å². The van der Waals surface area contributed by atoms with Gasteiger partial charge in [0.15, 0.2) is 5.01 Å². The molecule has 0 bridgehead atoms. The molecule has 0 spiro atoms. The number of anilines is 1. The van der Waals surface area contributed by atoms with Crippen molar-refractivity contribution >= 4 is 28.4 Å². The first kappa shape index (κ1) is 23.4. The van der Waals surface area contributed by atoms with Crippen LogP contribution in [0.15, 0.2) is 36.7 Å². The van der Waals surface area contributed by atoms with Gasteiger partial charge in [-0.3, -0.25) is 9.78 Å². The van der Waals surface area contributed by atoms with Crippen molar-refractivity contribution in [2.45, 2.75) is 44.6 Å². The summed E-state index contributed by atoms with van der Waals surface area (Å²) in [5.41, 5.74) is 4.26. The molecule has 2 N–H and O–H groups in total. The standard InChI is InChI=1S/C25H23N9OS/c1-15(35)31-18-4-2-17(3-5-18)24-32-33-25(36-24)20-14-29-22(11-21(20)28-9-8-26)23-7-6-19-10-16(12-27)13-30-34(19)23/h6-7,10-11,13-14,17-18H,2-5,9H2,1H3,(H,28,29)(H,31,35)/t17-,18-. The number of rotatable bonds is 6. The molecule has 0 atom stereocenters.